The van der Waals surface area contributed by atoms with E-state index in [2.05, 4.69) is 11.1 Å². The Morgan fingerprint density at radius 2 is 1.86 bits per heavy atom. The van der Waals surface area contributed by atoms with E-state index < -0.39 is 10.0 Å². The van der Waals surface area contributed by atoms with Gasteiger partial charge in [-0.15, -0.1) is 11.3 Å². The van der Waals surface area contributed by atoms with Gasteiger partial charge in [0.25, 0.3) is 0 Å². The molecule has 0 spiro atoms. The van der Waals surface area contributed by atoms with Crippen LogP contribution in [-0.4, -0.2) is 31.3 Å². The Balaban J connectivity index is 1.56. The molecule has 148 valence electrons. The van der Waals surface area contributed by atoms with Crippen LogP contribution in [0, 0.1) is 0 Å². The molecule has 1 heterocycles. The molecule has 28 heavy (non-hydrogen) atoms. The summed E-state index contributed by atoms with van der Waals surface area (Å²) < 4.78 is 23.9. The first-order valence-corrected chi connectivity index (χ1v) is 11.3. The summed E-state index contributed by atoms with van der Waals surface area (Å²) in [7, 11) is -1.95. The lowest BCUT2D eigenvalue weighted by molar-refractivity contribution is -0.131. The summed E-state index contributed by atoms with van der Waals surface area (Å²) in [6.07, 6.45) is 1.95. The van der Waals surface area contributed by atoms with Gasteiger partial charge in [0, 0.05) is 13.5 Å². The lowest BCUT2D eigenvalue weighted by Crippen LogP contribution is -2.29. The zero-order valence-electron chi connectivity index (χ0n) is 15.8. The SMILES string of the molecule is CC(c1ccc(S(N)(=O)=O)cc1)N(C)C(=O)CCCc1nc2ccccc2s1. The average Bonchev–Trinajstić information content (AvgIpc) is 3.09. The second kappa shape index (κ2) is 8.38. The molecule has 0 aliphatic heterocycles. The molecule has 0 saturated carbocycles. The van der Waals surface area contributed by atoms with Crippen LogP contribution in [0.25, 0.3) is 10.2 Å². The quantitative estimate of drug-likeness (QED) is 0.637. The summed E-state index contributed by atoms with van der Waals surface area (Å²) in [6.45, 7) is 1.91. The Morgan fingerprint density at radius 1 is 1.18 bits per heavy atom. The van der Waals surface area contributed by atoms with Crippen molar-refractivity contribution in [1.82, 2.24) is 9.88 Å². The highest BCUT2D eigenvalue weighted by atomic mass is 32.2. The summed E-state index contributed by atoms with van der Waals surface area (Å²) in [4.78, 5) is 18.9. The third-order valence-electron chi connectivity index (χ3n) is 4.78. The fourth-order valence-corrected chi connectivity index (χ4v) is 4.49. The van der Waals surface area contributed by atoms with Gasteiger partial charge in [-0.25, -0.2) is 18.5 Å². The molecule has 0 bridgehead atoms. The summed E-state index contributed by atoms with van der Waals surface area (Å²) in [5.74, 6) is 0.0455. The van der Waals surface area contributed by atoms with Crippen molar-refractivity contribution in [3.63, 3.8) is 0 Å². The average molecular weight is 418 g/mol. The number of carbonyl (C=O) groups is 1. The van der Waals surface area contributed by atoms with E-state index in [-0.39, 0.29) is 16.8 Å². The van der Waals surface area contributed by atoms with Crippen molar-refractivity contribution in [1.29, 1.82) is 0 Å². The molecule has 1 amide bonds. The lowest BCUT2D eigenvalue weighted by Gasteiger charge is -2.25. The van der Waals surface area contributed by atoms with Gasteiger partial charge in [-0.1, -0.05) is 24.3 Å². The van der Waals surface area contributed by atoms with E-state index in [4.69, 9.17) is 5.14 Å². The van der Waals surface area contributed by atoms with Crippen molar-refractivity contribution < 1.29 is 13.2 Å². The number of aromatic nitrogens is 1. The van der Waals surface area contributed by atoms with Crippen molar-refractivity contribution >= 4 is 37.5 Å². The van der Waals surface area contributed by atoms with Gasteiger partial charge >= 0.3 is 0 Å². The number of hydrogen-bond donors (Lipinski definition) is 1. The molecule has 1 aromatic heterocycles. The van der Waals surface area contributed by atoms with Crippen LogP contribution in [0.5, 0.6) is 0 Å². The van der Waals surface area contributed by atoms with Gasteiger partial charge in [-0.2, -0.15) is 0 Å². The summed E-state index contributed by atoms with van der Waals surface area (Å²) >= 11 is 1.67. The highest BCUT2D eigenvalue weighted by molar-refractivity contribution is 7.89. The van der Waals surface area contributed by atoms with E-state index in [0.29, 0.717) is 6.42 Å². The maximum absolute atomic E-state index is 12.5. The largest absolute Gasteiger partial charge is 0.339 e. The number of nitrogens with two attached hydrogens (primary N) is 1. The molecule has 0 radical (unpaired) electrons. The Hall–Kier alpha value is -2.29. The molecule has 1 atom stereocenters. The minimum Gasteiger partial charge on any atom is -0.339 e. The molecular formula is C20H23N3O3S2. The predicted molar refractivity (Wildman–Crippen MR) is 112 cm³/mol. The normalized spacial score (nSPS) is 12.8. The number of rotatable bonds is 7. The van der Waals surface area contributed by atoms with Crippen molar-refractivity contribution in [3.8, 4) is 0 Å². The number of carbonyl (C=O) groups excluding carboxylic acids is 1. The Labute approximate surface area is 169 Å². The maximum atomic E-state index is 12.5. The van der Waals surface area contributed by atoms with Crippen LogP contribution in [-0.2, 0) is 21.2 Å². The first-order valence-electron chi connectivity index (χ1n) is 8.98. The molecule has 2 N–H and O–H groups in total. The summed E-state index contributed by atoms with van der Waals surface area (Å²) in [5.41, 5.74) is 1.86. The predicted octanol–water partition coefficient (Wildman–Crippen LogP) is 3.49. The second-order valence-electron chi connectivity index (χ2n) is 6.72. The number of fused-ring (bicyclic) bond motifs is 1. The van der Waals surface area contributed by atoms with Crippen LogP contribution < -0.4 is 5.14 Å². The topological polar surface area (TPSA) is 93.4 Å². The monoisotopic (exact) mass is 417 g/mol. The molecule has 6 nitrogen and oxygen atoms in total. The van der Waals surface area contributed by atoms with Crippen molar-refractivity contribution in [2.75, 3.05) is 7.05 Å². The van der Waals surface area contributed by atoms with Crippen LogP contribution in [0.2, 0.25) is 0 Å². The van der Waals surface area contributed by atoms with Crippen LogP contribution in [0.15, 0.2) is 53.4 Å². The van der Waals surface area contributed by atoms with E-state index in [9.17, 15) is 13.2 Å². The van der Waals surface area contributed by atoms with E-state index >= 15 is 0 Å². The van der Waals surface area contributed by atoms with Crippen LogP contribution in [0.1, 0.15) is 36.4 Å². The molecule has 0 saturated heterocycles. The zero-order chi connectivity index (χ0) is 20.3. The standard InChI is InChI=1S/C20H23N3O3S2/c1-14(15-10-12-16(13-11-15)28(21,25)26)23(2)20(24)9-5-8-19-22-17-6-3-4-7-18(17)27-19/h3-4,6-7,10-14H,5,8-9H2,1-2H3,(H2,21,25,26). The molecule has 0 aliphatic rings. The zero-order valence-corrected chi connectivity index (χ0v) is 17.5. The van der Waals surface area contributed by atoms with Gasteiger partial charge in [0.05, 0.1) is 26.2 Å². The summed E-state index contributed by atoms with van der Waals surface area (Å²) in [6, 6.07) is 14.2. The van der Waals surface area contributed by atoms with Crippen molar-refractivity contribution in [2.45, 2.75) is 37.1 Å². The van der Waals surface area contributed by atoms with Crippen LogP contribution in [0.3, 0.4) is 0 Å². The highest BCUT2D eigenvalue weighted by Crippen LogP contribution is 2.24. The van der Waals surface area contributed by atoms with Gasteiger partial charge in [0.1, 0.15) is 0 Å². The fourth-order valence-electron chi connectivity index (χ4n) is 2.97. The minimum atomic E-state index is -3.72. The highest BCUT2D eigenvalue weighted by Gasteiger charge is 2.18. The second-order valence-corrected chi connectivity index (χ2v) is 9.40. The molecule has 0 aliphatic carbocycles. The van der Waals surface area contributed by atoms with E-state index in [1.54, 1.807) is 35.4 Å². The van der Waals surface area contributed by atoms with Crippen LogP contribution >= 0.6 is 11.3 Å². The number of aryl methyl sites for hydroxylation is 1. The number of primary sulfonamides is 1. The minimum absolute atomic E-state index is 0.0455. The molecule has 8 heteroatoms. The number of benzene rings is 2. The number of para-hydroxylation sites is 1. The fraction of sp³-hybridized carbons (Fsp3) is 0.300. The number of hydrogen-bond acceptors (Lipinski definition) is 5. The van der Waals surface area contributed by atoms with Crippen LogP contribution in [0.4, 0.5) is 0 Å². The van der Waals surface area contributed by atoms with Gasteiger partial charge in [0.2, 0.25) is 15.9 Å². The number of amides is 1. The first-order chi connectivity index (χ1) is 13.3. The molecule has 2 aromatic carbocycles. The van der Waals surface area contributed by atoms with Gasteiger partial charge < -0.3 is 4.90 Å². The number of thiazole rings is 1. The van der Waals surface area contributed by atoms with E-state index in [1.165, 1.54) is 12.1 Å². The molecule has 0 fully saturated rings. The van der Waals surface area contributed by atoms with E-state index in [1.807, 2.05) is 25.1 Å². The number of sulfonamides is 1. The maximum Gasteiger partial charge on any atom is 0.238 e. The molecule has 3 rings (SSSR count). The van der Waals surface area contributed by atoms with Crippen molar-refractivity contribution in [2.24, 2.45) is 5.14 Å². The first kappa shape index (κ1) is 20.4. The molecule has 1 unspecified atom stereocenters. The summed E-state index contributed by atoms with van der Waals surface area (Å²) in [5, 5.41) is 6.17. The number of nitrogens with zero attached hydrogens (tertiary/aromatic N) is 2. The Bertz CT molecular complexity index is 1040. The lowest BCUT2D eigenvalue weighted by atomic mass is 10.1. The van der Waals surface area contributed by atoms with Gasteiger partial charge in [-0.3, -0.25) is 4.79 Å². The Morgan fingerprint density at radius 3 is 2.50 bits per heavy atom. The molecule has 3 aromatic rings. The van der Waals surface area contributed by atoms with Crippen molar-refractivity contribution in [3.05, 3.63) is 59.1 Å². The third kappa shape index (κ3) is 4.76. The smallest absolute Gasteiger partial charge is 0.238 e. The van der Waals surface area contributed by atoms with E-state index in [0.717, 1.165) is 33.6 Å². The van der Waals surface area contributed by atoms with Gasteiger partial charge in [-0.05, 0) is 49.6 Å². The third-order valence-corrected chi connectivity index (χ3v) is 6.81. The molecular weight excluding hydrogens is 394 g/mol. The van der Waals surface area contributed by atoms with Gasteiger partial charge in [0.15, 0.2) is 0 Å². The Kier molecular flexibility index (Phi) is 6.12.